The first-order valence-corrected chi connectivity index (χ1v) is 6.42. The van der Waals surface area contributed by atoms with Crippen molar-refractivity contribution in [3.63, 3.8) is 0 Å². The second kappa shape index (κ2) is 4.09. The topological polar surface area (TPSA) is 29.9 Å². The van der Waals surface area contributed by atoms with E-state index >= 15 is 0 Å². The first kappa shape index (κ1) is 13.1. The molecule has 1 aromatic carbocycles. The van der Waals surface area contributed by atoms with Gasteiger partial charge in [0.2, 0.25) is 0 Å². The third-order valence-electron chi connectivity index (χ3n) is 4.53. The van der Waals surface area contributed by atoms with Crippen LogP contribution in [0, 0.1) is 0 Å². The monoisotopic (exact) mass is 245 g/mol. The van der Waals surface area contributed by atoms with Crippen LogP contribution >= 0.6 is 0 Å². The summed E-state index contributed by atoms with van der Waals surface area (Å²) in [6, 6.07) is 8.29. The molecule has 0 spiro atoms. The highest BCUT2D eigenvalue weighted by Crippen LogP contribution is 2.35. The van der Waals surface area contributed by atoms with Crippen LogP contribution in [0.1, 0.15) is 33.5 Å². The average molecular weight is 245 g/mol. The molecule has 98 valence electrons. The first-order chi connectivity index (χ1) is 8.31. The summed E-state index contributed by atoms with van der Waals surface area (Å²) >= 11 is 0. The zero-order chi connectivity index (χ0) is 13.6. The maximum absolute atomic E-state index is 4.82. The molecular formula is C15H23N3. The Kier molecular flexibility index (Phi) is 2.98. The van der Waals surface area contributed by atoms with Crippen LogP contribution in [0.25, 0.3) is 11.0 Å². The average Bonchev–Trinajstić information content (AvgIpc) is 2.68. The van der Waals surface area contributed by atoms with Crippen LogP contribution in [0.4, 0.5) is 0 Å². The van der Waals surface area contributed by atoms with Gasteiger partial charge in [-0.1, -0.05) is 26.0 Å². The van der Waals surface area contributed by atoms with E-state index in [1.807, 2.05) is 13.1 Å². The predicted molar refractivity (Wildman–Crippen MR) is 76.9 cm³/mol. The number of benzene rings is 1. The summed E-state index contributed by atoms with van der Waals surface area (Å²) in [5.74, 6) is 1.11. The SMILES string of the molecule is CNC(C)(C)C(C)(C)c1nc2ccccc2n1C. The fourth-order valence-corrected chi connectivity index (χ4v) is 2.30. The van der Waals surface area contributed by atoms with Gasteiger partial charge in [0, 0.05) is 18.0 Å². The number of aryl methyl sites for hydroxylation is 1. The summed E-state index contributed by atoms with van der Waals surface area (Å²) in [6.45, 7) is 8.91. The normalized spacial score (nSPS) is 13.2. The zero-order valence-electron chi connectivity index (χ0n) is 12.2. The number of para-hydroxylation sites is 2. The standard InChI is InChI=1S/C15H23N3/c1-14(2,15(3,4)16-5)13-17-11-9-7-8-10-12(11)18(13)6/h7-10,16H,1-6H3. The van der Waals surface area contributed by atoms with Crippen molar-refractivity contribution in [1.29, 1.82) is 0 Å². The third kappa shape index (κ3) is 1.74. The molecule has 0 bridgehead atoms. The van der Waals surface area contributed by atoms with Crippen LogP contribution in [-0.2, 0) is 12.5 Å². The van der Waals surface area contributed by atoms with Crippen LogP contribution in [-0.4, -0.2) is 22.1 Å². The van der Waals surface area contributed by atoms with Crippen molar-refractivity contribution in [3.05, 3.63) is 30.1 Å². The highest BCUT2D eigenvalue weighted by atomic mass is 15.1. The molecule has 3 heteroatoms. The van der Waals surface area contributed by atoms with E-state index in [9.17, 15) is 0 Å². The van der Waals surface area contributed by atoms with Gasteiger partial charge in [0.05, 0.1) is 11.0 Å². The van der Waals surface area contributed by atoms with E-state index in [-0.39, 0.29) is 11.0 Å². The van der Waals surface area contributed by atoms with Crippen LogP contribution < -0.4 is 5.32 Å². The number of hydrogen-bond acceptors (Lipinski definition) is 2. The number of nitrogens with zero attached hydrogens (tertiary/aromatic N) is 2. The molecular weight excluding hydrogens is 222 g/mol. The molecule has 0 saturated carbocycles. The summed E-state index contributed by atoms with van der Waals surface area (Å²) in [7, 11) is 4.10. The van der Waals surface area contributed by atoms with Crippen molar-refractivity contribution in [1.82, 2.24) is 14.9 Å². The maximum atomic E-state index is 4.82. The third-order valence-corrected chi connectivity index (χ3v) is 4.53. The molecule has 0 saturated heterocycles. The molecule has 0 atom stereocenters. The first-order valence-electron chi connectivity index (χ1n) is 6.42. The number of rotatable bonds is 3. The minimum Gasteiger partial charge on any atom is -0.331 e. The molecule has 0 aliphatic carbocycles. The maximum Gasteiger partial charge on any atom is 0.117 e. The quantitative estimate of drug-likeness (QED) is 0.901. The number of fused-ring (bicyclic) bond motifs is 1. The van der Waals surface area contributed by atoms with Crippen LogP contribution in [0.3, 0.4) is 0 Å². The summed E-state index contributed by atoms with van der Waals surface area (Å²) < 4.78 is 2.20. The second-order valence-electron chi connectivity index (χ2n) is 5.98. The summed E-state index contributed by atoms with van der Waals surface area (Å²) in [4.78, 5) is 4.82. The summed E-state index contributed by atoms with van der Waals surface area (Å²) in [5.41, 5.74) is 2.17. The Hall–Kier alpha value is -1.35. The number of aromatic nitrogens is 2. The lowest BCUT2D eigenvalue weighted by Gasteiger charge is -2.40. The molecule has 0 radical (unpaired) electrons. The van der Waals surface area contributed by atoms with Crippen molar-refractivity contribution in [2.24, 2.45) is 7.05 Å². The molecule has 0 unspecified atom stereocenters. The van der Waals surface area contributed by atoms with E-state index in [4.69, 9.17) is 4.98 Å². The zero-order valence-corrected chi connectivity index (χ0v) is 12.2. The van der Waals surface area contributed by atoms with E-state index in [1.54, 1.807) is 0 Å². The molecule has 0 aliphatic rings. The highest BCUT2D eigenvalue weighted by Gasteiger charge is 2.40. The molecule has 1 N–H and O–H groups in total. The number of hydrogen-bond donors (Lipinski definition) is 1. The van der Waals surface area contributed by atoms with Gasteiger partial charge >= 0.3 is 0 Å². The summed E-state index contributed by atoms with van der Waals surface area (Å²) in [5, 5.41) is 3.40. The largest absolute Gasteiger partial charge is 0.331 e. The fourth-order valence-electron chi connectivity index (χ4n) is 2.30. The van der Waals surface area contributed by atoms with E-state index in [1.165, 1.54) is 5.52 Å². The second-order valence-corrected chi connectivity index (χ2v) is 5.98. The van der Waals surface area contributed by atoms with Crippen LogP contribution in [0.2, 0.25) is 0 Å². The van der Waals surface area contributed by atoms with E-state index < -0.39 is 0 Å². The molecule has 1 heterocycles. The molecule has 2 aromatic rings. The van der Waals surface area contributed by atoms with E-state index in [0.717, 1.165) is 11.3 Å². The summed E-state index contributed by atoms with van der Waals surface area (Å²) in [6.07, 6.45) is 0. The van der Waals surface area contributed by atoms with Crippen LogP contribution in [0.5, 0.6) is 0 Å². The van der Waals surface area contributed by atoms with Gasteiger partial charge in [0.1, 0.15) is 5.82 Å². The van der Waals surface area contributed by atoms with Gasteiger partial charge in [-0.25, -0.2) is 4.98 Å². The van der Waals surface area contributed by atoms with Gasteiger partial charge in [0.15, 0.2) is 0 Å². The van der Waals surface area contributed by atoms with E-state index in [2.05, 4.69) is 62.8 Å². The lowest BCUT2D eigenvalue weighted by Crippen LogP contribution is -2.53. The van der Waals surface area contributed by atoms with Crippen molar-refractivity contribution in [3.8, 4) is 0 Å². The van der Waals surface area contributed by atoms with Crippen molar-refractivity contribution >= 4 is 11.0 Å². The minimum absolute atomic E-state index is 0.0257. The Morgan fingerprint density at radius 1 is 1.11 bits per heavy atom. The van der Waals surface area contributed by atoms with Gasteiger partial charge in [-0.2, -0.15) is 0 Å². The Bertz CT molecular complexity index is 564. The molecule has 2 rings (SSSR count). The van der Waals surface area contributed by atoms with Crippen LogP contribution in [0.15, 0.2) is 24.3 Å². The lowest BCUT2D eigenvalue weighted by atomic mass is 9.74. The van der Waals surface area contributed by atoms with Crippen molar-refractivity contribution < 1.29 is 0 Å². The van der Waals surface area contributed by atoms with Gasteiger partial charge in [-0.15, -0.1) is 0 Å². The molecule has 3 nitrogen and oxygen atoms in total. The van der Waals surface area contributed by atoms with Crippen molar-refractivity contribution in [2.75, 3.05) is 7.05 Å². The Labute approximate surface area is 109 Å². The molecule has 0 aliphatic heterocycles. The fraction of sp³-hybridized carbons (Fsp3) is 0.533. The Balaban J connectivity index is 2.64. The van der Waals surface area contributed by atoms with Gasteiger partial charge in [-0.3, -0.25) is 0 Å². The van der Waals surface area contributed by atoms with Gasteiger partial charge in [-0.05, 0) is 33.0 Å². The lowest BCUT2D eigenvalue weighted by molar-refractivity contribution is 0.239. The van der Waals surface area contributed by atoms with Gasteiger partial charge in [0.25, 0.3) is 0 Å². The van der Waals surface area contributed by atoms with Crippen molar-refractivity contribution in [2.45, 2.75) is 38.6 Å². The predicted octanol–water partition coefficient (Wildman–Crippen LogP) is 2.85. The Morgan fingerprint density at radius 3 is 2.28 bits per heavy atom. The van der Waals surface area contributed by atoms with Gasteiger partial charge < -0.3 is 9.88 Å². The number of nitrogens with one attached hydrogen (secondary N) is 1. The highest BCUT2D eigenvalue weighted by molar-refractivity contribution is 5.76. The molecule has 1 aromatic heterocycles. The number of likely N-dealkylation sites (N-methyl/N-ethyl adjacent to an activating group) is 1. The smallest absolute Gasteiger partial charge is 0.117 e. The van der Waals surface area contributed by atoms with E-state index in [0.29, 0.717) is 0 Å². The Morgan fingerprint density at radius 2 is 1.72 bits per heavy atom. The number of imidazole rings is 1. The molecule has 0 amide bonds. The minimum atomic E-state index is -0.0600. The molecule has 0 fully saturated rings. The molecule has 18 heavy (non-hydrogen) atoms.